The van der Waals surface area contributed by atoms with Crippen LogP contribution in [0.25, 0.3) is 5.82 Å². The summed E-state index contributed by atoms with van der Waals surface area (Å²) in [5.41, 5.74) is 7.06. The highest BCUT2D eigenvalue weighted by Crippen LogP contribution is 2.15. The molecule has 0 bridgehead atoms. The molecular formula is C11H12N8. The molecule has 3 rings (SSSR count). The highest BCUT2D eigenvalue weighted by molar-refractivity contribution is 5.55. The molecule has 0 saturated heterocycles. The fraction of sp³-hybridized carbons (Fsp3) is 0.0909. The van der Waals surface area contributed by atoms with Crippen molar-refractivity contribution in [1.82, 2.24) is 29.5 Å². The number of hydrogen-bond acceptors (Lipinski definition) is 6. The van der Waals surface area contributed by atoms with Gasteiger partial charge in [-0.2, -0.15) is 10.2 Å². The molecule has 0 unspecified atom stereocenters. The first-order chi connectivity index (χ1) is 9.20. The molecule has 0 aliphatic carbocycles. The molecule has 0 atom stereocenters. The zero-order chi connectivity index (χ0) is 13.2. The number of nitrogen functional groups attached to an aromatic ring is 1. The highest BCUT2D eigenvalue weighted by Gasteiger charge is 2.04. The standard InChI is InChI=1S/C11H12N8/c1-18-6-9(4-15-18)17-10-2-11(14-7-13-10)19-5-8(12)3-16-19/h2-7H,12H2,1H3,(H,13,14,17). The van der Waals surface area contributed by atoms with Crippen LogP contribution in [0.1, 0.15) is 0 Å². The molecule has 0 spiro atoms. The quantitative estimate of drug-likeness (QED) is 0.716. The molecule has 3 aromatic heterocycles. The van der Waals surface area contributed by atoms with E-state index in [2.05, 4.69) is 25.5 Å². The third kappa shape index (κ3) is 2.37. The summed E-state index contributed by atoms with van der Waals surface area (Å²) in [4.78, 5) is 8.29. The van der Waals surface area contributed by atoms with Gasteiger partial charge >= 0.3 is 0 Å². The maximum atomic E-state index is 5.63. The molecule has 3 heterocycles. The van der Waals surface area contributed by atoms with E-state index in [1.54, 1.807) is 34.0 Å². The average Bonchev–Trinajstić information content (AvgIpc) is 2.99. The van der Waals surface area contributed by atoms with Gasteiger partial charge < -0.3 is 11.1 Å². The number of aryl methyl sites for hydroxylation is 1. The number of hydrogen-bond donors (Lipinski definition) is 2. The third-order valence-electron chi connectivity index (χ3n) is 2.47. The predicted molar refractivity (Wildman–Crippen MR) is 70.1 cm³/mol. The summed E-state index contributed by atoms with van der Waals surface area (Å²) in [6, 6.07) is 1.78. The zero-order valence-corrected chi connectivity index (χ0v) is 10.2. The maximum absolute atomic E-state index is 5.63. The second-order valence-electron chi connectivity index (χ2n) is 4.01. The number of nitrogens with two attached hydrogens (primary N) is 1. The topological polar surface area (TPSA) is 99.5 Å². The van der Waals surface area contributed by atoms with Crippen LogP contribution in [0.3, 0.4) is 0 Å². The molecular weight excluding hydrogens is 244 g/mol. The molecule has 0 saturated carbocycles. The van der Waals surface area contributed by atoms with Gasteiger partial charge in [0.25, 0.3) is 0 Å². The van der Waals surface area contributed by atoms with Crippen molar-refractivity contribution in [3.8, 4) is 5.82 Å². The lowest BCUT2D eigenvalue weighted by atomic mass is 10.5. The van der Waals surface area contributed by atoms with Crippen molar-refractivity contribution in [3.05, 3.63) is 37.2 Å². The number of rotatable bonds is 3. The second kappa shape index (κ2) is 4.41. The predicted octanol–water partition coefficient (Wildman–Crippen LogP) is 0.722. The van der Waals surface area contributed by atoms with E-state index < -0.39 is 0 Å². The van der Waals surface area contributed by atoms with Crippen LogP contribution in [0.15, 0.2) is 37.2 Å². The maximum Gasteiger partial charge on any atom is 0.158 e. The minimum absolute atomic E-state index is 0.584. The number of aromatic nitrogens is 6. The van der Waals surface area contributed by atoms with Crippen molar-refractivity contribution in [3.63, 3.8) is 0 Å². The van der Waals surface area contributed by atoms with Gasteiger partial charge in [0.15, 0.2) is 5.82 Å². The molecule has 0 aliphatic rings. The molecule has 0 aliphatic heterocycles. The first kappa shape index (κ1) is 11.2. The van der Waals surface area contributed by atoms with Gasteiger partial charge in [-0.25, -0.2) is 14.6 Å². The van der Waals surface area contributed by atoms with Crippen LogP contribution in [0, 0.1) is 0 Å². The lowest BCUT2D eigenvalue weighted by Gasteiger charge is -2.04. The van der Waals surface area contributed by atoms with Crippen LogP contribution in [-0.2, 0) is 7.05 Å². The molecule has 3 N–H and O–H groups in total. The zero-order valence-electron chi connectivity index (χ0n) is 10.2. The summed E-state index contributed by atoms with van der Waals surface area (Å²) in [5.74, 6) is 1.30. The van der Waals surface area contributed by atoms with Crippen molar-refractivity contribution in [2.75, 3.05) is 11.1 Å². The van der Waals surface area contributed by atoms with Crippen LogP contribution in [0.4, 0.5) is 17.2 Å². The molecule has 19 heavy (non-hydrogen) atoms. The van der Waals surface area contributed by atoms with E-state index in [0.29, 0.717) is 17.3 Å². The second-order valence-corrected chi connectivity index (χ2v) is 4.01. The number of nitrogens with zero attached hydrogens (tertiary/aromatic N) is 6. The van der Waals surface area contributed by atoms with Crippen LogP contribution < -0.4 is 11.1 Å². The van der Waals surface area contributed by atoms with Crippen molar-refractivity contribution < 1.29 is 0 Å². The summed E-state index contributed by atoms with van der Waals surface area (Å²) in [6.45, 7) is 0. The Labute approximate surface area is 108 Å². The molecule has 96 valence electrons. The average molecular weight is 256 g/mol. The van der Waals surface area contributed by atoms with E-state index in [4.69, 9.17) is 5.73 Å². The Morgan fingerprint density at radius 1 is 1.16 bits per heavy atom. The largest absolute Gasteiger partial charge is 0.396 e. The lowest BCUT2D eigenvalue weighted by molar-refractivity contribution is 0.768. The Morgan fingerprint density at radius 3 is 2.74 bits per heavy atom. The Morgan fingerprint density at radius 2 is 2.05 bits per heavy atom. The minimum Gasteiger partial charge on any atom is -0.396 e. The minimum atomic E-state index is 0.584. The van der Waals surface area contributed by atoms with Gasteiger partial charge in [-0.3, -0.25) is 4.68 Å². The van der Waals surface area contributed by atoms with E-state index in [0.717, 1.165) is 5.69 Å². The fourth-order valence-corrected chi connectivity index (χ4v) is 1.64. The highest BCUT2D eigenvalue weighted by atomic mass is 15.3. The summed E-state index contributed by atoms with van der Waals surface area (Å²) in [5, 5.41) is 11.3. The molecule has 3 aromatic rings. The van der Waals surface area contributed by atoms with Crippen LogP contribution >= 0.6 is 0 Å². The third-order valence-corrected chi connectivity index (χ3v) is 2.47. The van der Waals surface area contributed by atoms with Crippen molar-refractivity contribution in [2.24, 2.45) is 7.05 Å². The molecule has 8 heteroatoms. The van der Waals surface area contributed by atoms with E-state index in [1.807, 2.05) is 13.2 Å². The molecule has 0 radical (unpaired) electrons. The number of anilines is 3. The summed E-state index contributed by atoms with van der Waals surface area (Å²) >= 11 is 0. The van der Waals surface area contributed by atoms with Gasteiger partial charge in [0.2, 0.25) is 0 Å². The molecule has 0 aromatic carbocycles. The smallest absolute Gasteiger partial charge is 0.158 e. The molecule has 0 amide bonds. The van der Waals surface area contributed by atoms with Crippen molar-refractivity contribution in [1.29, 1.82) is 0 Å². The van der Waals surface area contributed by atoms with Crippen molar-refractivity contribution >= 4 is 17.2 Å². The normalized spacial score (nSPS) is 10.6. The Kier molecular flexibility index (Phi) is 2.60. The van der Waals surface area contributed by atoms with Gasteiger partial charge in [0.05, 0.1) is 30.0 Å². The van der Waals surface area contributed by atoms with E-state index >= 15 is 0 Å². The summed E-state index contributed by atoms with van der Waals surface area (Å²) in [6.07, 6.45) is 8.29. The van der Waals surface area contributed by atoms with Gasteiger partial charge in [-0.15, -0.1) is 0 Å². The Hall–Kier alpha value is -2.90. The van der Waals surface area contributed by atoms with E-state index in [9.17, 15) is 0 Å². The van der Waals surface area contributed by atoms with Crippen molar-refractivity contribution in [2.45, 2.75) is 0 Å². The lowest BCUT2D eigenvalue weighted by Crippen LogP contribution is -2.01. The van der Waals surface area contributed by atoms with E-state index in [1.165, 1.54) is 6.33 Å². The Balaban J connectivity index is 1.87. The van der Waals surface area contributed by atoms with Gasteiger partial charge in [0, 0.05) is 19.3 Å². The van der Waals surface area contributed by atoms with Gasteiger partial charge in [0.1, 0.15) is 12.1 Å². The van der Waals surface area contributed by atoms with Gasteiger partial charge in [-0.1, -0.05) is 0 Å². The first-order valence-electron chi connectivity index (χ1n) is 5.59. The number of nitrogens with one attached hydrogen (secondary N) is 1. The van der Waals surface area contributed by atoms with E-state index in [-0.39, 0.29) is 0 Å². The van der Waals surface area contributed by atoms with Crippen LogP contribution in [0.5, 0.6) is 0 Å². The Bertz CT molecular complexity index is 698. The molecule has 8 nitrogen and oxygen atoms in total. The first-order valence-corrected chi connectivity index (χ1v) is 5.59. The van der Waals surface area contributed by atoms with Crippen LogP contribution in [-0.4, -0.2) is 29.5 Å². The van der Waals surface area contributed by atoms with Gasteiger partial charge in [-0.05, 0) is 0 Å². The van der Waals surface area contributed by atoms with Crippen LogP contribution in [0.2, 0.25) is 0 Å². The molecule has 0 fully saturated rings. The SMILES string of the molecule is Cn1cc(Nc2cc(-n3cc(N)cn3)ncn2)cn1. The monoisotopic (exact) mass is 256 g/mol. The summed E-state index contributed by atoms with van der Waals surface area (Å²) < 4.78 is 3.30. The fourth-order valence-electron chi connectivity index (χ4n) is 1.64. The summed E-state index contributed by atoms with van der Waals surface area (Å²) in [7, 11) is 1.85.